The highest BCUT2D eigenvalue weighted by molar-refractivity contribution is 5.66. The van der Waals surface area contributed by atoms with Gasteiger partial charge < -0.3 is 15.3 Å². The first-order valence-electron chi connectivity index (χ1n) is 9.45. The Labute approximate surface area is 146 Å². The van der Waals surface area contributed by atoms with E-state index in [4.69, 9.17) is 5.11 Å². The Balaban J connectivity index is 2.35. The van der Waals surface area contributed by atoms with Gasteiger partial charge in [-0.15, -0.1) is 0 Å². The van der Waals surface area contributed by atoms with Gasteiger partial charge in [-0.25, -0.2) is 0 Å². The average Bonchev–Trinajstić information content (AvgIpc) is 2.89. The molecule has 138 valence electrons. The molecule has 1 fully saturated rings. The van der Waals surface area contributed by atoms with Crippen LogP contribution in [0.2, 0.25) is 0 Å². The van der Waals surface area contributed by atoms with E-state index >= 15 is 0 Å². The maximum absolute atomic E-state index is 10.5. The zero-order valence-electron chi connectivity index (χ0n) is 14.9. The Morgan fingerprint density at radius 1 is 1.21 bits per heavy atom. The van der Waals surface area contributed by atoms with E-state index in [0.717, 1.165) is 51.4 Å². The summed E-state index contributed by atoms with van der Waals surface area (Å²) in [5.74, 6) is -0.221. The molecule has 4 heteroatoms. The summed E-state index contributed by atoms with van der Waals surface area (Å²) in [6.07, 6.45) is 15.9. The van der Waals surface area contributed by atoms with Gasteiger partial charge in [0, 0.05) is 6.42 Å². The van der Waals surface area contributed by atoms with Gasteiger partial charge in [0.1, 0.15) is 0 Å². The van der Waals surface area contributed by atoms with E-state index in [0.29, 0.717) is 12.3 Å². The summed E-state index contributed by atoms with van der Waals surface area (Å²) < 4.78 is 0. The summed E-state index contributed by atoms with van der Waals surface area (Å²) in [6, 6.07) is 0. The number of hydrogen-bond acceptors (Lipinski definition) is 3. The van der Waals surface area contributed by atoms with E-state index in [2.05, 4.69) is 19.1 Å². The lowest BCUT2D eigenvalue weighted by Gasteiger charge is -2.18. The molecule has 3 N–H and O–H groups in total. The van der Waals surface area contributed by atoms with Crippen LogP contribution in [0.25, 0.3) is 0 Å². The minimum atomic E-state index is -0.752. The molecule has 0 aliphatic heterocycles. The summed E-state index contributed by atoms with van der Waals surface area (Å²) in [6.45, 7) is 2.15. The van der Waals surface area contributed by atoms with Crippen LogP contribution < -0.4 is 0 Å². The van der Waals surface area contributed by atoms with Crippen LogP contribution in [0.4, 0.5) is 0 Å². The van der Waals surface area contributed by atoms with Gasteiger partial charge in [0.25, 0.3) is 0 Å². The van der Waals surface area contributed by atoms with Crippen molar-refractivity contribution >= 4 is 5.97 Å². The smallest absolute Gasteiger partial charge is 0.303 e. The lowest BCUT2D eigenvalue weighted by molar-refractivity contribution is -0.137. The highest BCUT2D eigenvalue weighted by atomic mass is 16.4. The molecule has 0 amide bonds. The van der Waals surface area contributed by atoms with Crippen molar-refractivity contribution in [3.8, 4) is 0 Å². The summed E-state index contributed by atoms with van der Waals surface area (Å²) in [5.41, 5.74) is 0. The number of allylic oxidation sites excluding steroid dienone is 3. The van der Waals surface area contributed by atoms with Crippen LogP contribution in [-0.4, -0.2) is 33.5 Å². The molecule has 0 spiro atoms. The largest absolute Gasteiger partial charge is 0.481 e. The molecule has 24 heavy (non-hydrogen) atoms. The van der Waals surface area contributed by atoms with Crippen LogP contribution >= 0.6 is 0 Å². The SMILES string of the molecule is CCCCC[C@H](O)C=C[C@H]1CC[C@H](O)[C@@H]1CC=CCCCC(=O)O. The number of hydrogen-bond donors (Lipinski definition) is 3. The van der Waals surface area contributed by atoms with Crippen molar-refractivity contribution in [1.82, 2.24) is 0 Å². The van der Waals surface area contributed by atoms with Crippen molar-refractivity contribution in [2.24, 2.45) is 11.8 Å². The molecule has 0 heterocycles. The van der Waals surface area contributed by atoms with Gasteiger partial charge in [-0.3, -0.25) is 4.79 Å². The Bertz CT molecular complexity index is 402. The Morgan fingerprint density at radius 3 is 2.71 bits per heavy atom. The van der Waals surface area contributed by atoms with E-state index in [1.54, 1.807) is 0 Å². The topological polar surface area (TPSA) is 77.8 Å². The van der Waals surface area contributed by atoms with Gasteiger partial charge in [0.05, 0.1) is 12.2 Å². The standard InChI is InChI=1S/C20H34O4/c1-2-3-6-9-17(21)14-12-16-13-15-19(22)18(16)10-7-4-5-8-11-20(23)24/h4,7,12,14,16-19,21-22H,2-3,5-6,8-11,13,15H2,1H3,(H,23,24)/t16-,17-,18+,19-/m0/s1. The number of aliphatic hydroxyl groups is 2. The Morgan fingerprint density at radius 2 is 2.00 bits per heavy atom. The number of rotatable bonds is 12. The molecule has 0 bridgehead atoms. The quantitative estimate of drug-likeness (QED) is 0.370. The normalized spacial score (nSPS) is 25.7. The first kappa shape index (κ1) is 20.9. The molecule has 0 unspecified atom stereocenters. The predicted molar refractivity (Wildman–Crippen MR) is 96.8 cm³/mol. The van der Waals surface area contributed by atoms with Crippen LogP contribution in [0, 0.1) is 11.8 Å². The summed E-state index contributed by atoms with van der Waals surface area (Å²) in [4.78, 5) is 10.5. The second-order valence-electron chi connectivity index (χ2n) is 6.91. The van der Waals surface area contributed by atoms with E-state index in [1.165, 1.54) is 0 Å². The Hall–Kier alpha value is -1.13. The summed E-state index contributed by atoms with van der Waals surface area (Å²) in [5, 5.41) is 28.8. The predicted octanol–water partition coefficient (Wildman–Crippen LogP) is 4.07. The molecule has 1 aliphatic carbocycles. The number of carboxylic acids is 1. The third-order valence-electron chi connectivity index (χ3n) is 4.86. The number of carboxylic acid groups (broad SMARTS) is 1. The molecule has 0 radical (unpaired) electrons. The van der Waals surface area contributed by atoms with Gasteiger partial charge in [-0.05, 0) is 50.4 Å². The molecule has 0 aromatic rings. The van der Waals surface area contributed by atoms with Gasteiger partial charge in [-0.2, -0.15) is 0 Å². The third kappa shape index (κ3) is 8.65. The number of aliphatic carboxylic acids is 1. The zero-order chi connectivity index (χ0) is 17.8. The van der Waals surface area contributed by atoms with Crippen LogP contribution in [0.3, 0.4) is 0 Å². The van der Waals surface area contributed by atoms with Crippen LogP contribution in [0.5, 0.6) is 0 Å². The van der Waals surface area contributed by atoms with Crippen LogP contribution in [0.15, 0.2) is 24.3 Å². The highest BCUT2D eigenvalue weighted by Crippen LogP contribution is 2.36. The first-order chi connectivity index (χ1) is 11.5. The second kappa shape index (κ2) is 12.3. The fourth-order valence-corrected chi connectivity index (χ4v) is 3.36. The van der Waals surface area contributed by atoms with E-state index in [1.807, 2.05) is 12.2 Å². The maximum atomic E-state index is 10.5. The van der Waals surface area contributed by atoms with Gasteiger partial charge >= 0.3 is 5.97 Å². The lowest BCUT2D eigenvalue weighted by atomic mass is 9.90. The monoisotopic (exact) mass is 338 g/mol. The van der Waals surface area contributed by atoms with E-state index in [-0.39, 0.29) is 24.5 Å². The molecule has 1 aliphatic rings. The molecule has 0 aromatic carbocycles. The van der Waals surface area contributed by atoms with Crippen molar-refractivity contribution in [3.05, 3.63) is 24.3 Å². The van der Waals surface area contributed by atoms with Crippen LogP contribution in [0.1, 0.15) is 71.1 Å². The first-order valence-corrected chi connectivity index (χ1v) is 9.45. The minimum absolute atomic E-state index is 0.206. The molecule has 1 rings (SSSR count). The summed E-state index contributed by atoms with van der Waals surface area (Å²) in [7, 11) is 0. The molecular weight excluding hydrogens is 304 g/mol. The van der Waals surface area contributed by atoms with E-state index in [9.17, 15) is 15.0 Å². The molecule has 0 aromatic heterocycles. The maximum Gasteiger partial charge on any atom is 0.303 e. The average molecular weight is 338 g/mol. The fourth-order valence-electron chi connectivity index (χ4n) is 3.36. The van der Waals surface area contributed by atoms with E-state index < -0.39 is 5.97 Å². The number of carbonyl (C=O) groups is 1. The highest BCUT2D eigenvalue weighted by Gasteiger charge is 2.32. The molecule has 4 nitrogen and oxygen atoms in total. The molecule has 4 atom stereocenters. The van der Waals surface area contributed by atoms with Crippen molar-refractivity contribution < 1.29 is 20.1 Å². The van der Waals surface area contributed by atoms with Gasteiger partial charge in [-0.1, -0.05) is 50.5 Å². The van der Waals surface area contributed by atoms with Crippen molar-refractivity contribution in [1.29, 1.82) is 0 Å². The fraction of sp³-hybridized carbons (Fsp3) is 0.750. The zero-order valence-corrected chi connectivity index (χ0v) is 14.9. The van der Waals surface area contributed by atoms with Gasteiger partial charge in [0.2, 0.25) is 0 Å². The van der Waals surface area contributed by atoms with Gasteiger partial charge in [0.15, 0.2) is 0 Å². The number of aliphatic hydroxyl groups excluding tert-OH is 2. The minimum Gasteiger partial charge on any atom is -0.481 e. The Kier molecular flexibility index (Phi) is 10.7. The van der Waals surface area contributed by atoms with Crippen molar-refractivity contribution in [2.75, 3.05) is 0 Å². The molecule has 1 saturated carbocycles. The van der Waals surface area contributed by atoms with Crippen LogP contribution in [-0.2, 0) is 4.79 Å². The number of unbranched alkanes of at least 4 members (excludes halogenated alkanes) is 3. The third-order valence-corrected chi connectivity index (χ3v) is 4.86. The second-order valence-corrected chi connectivity index (χ2v) is 6.91. The van der Waals surface area contributed by atoms with Crippen molar-refractivity contribution in [3.63, 3.8) is 0 Å². The summed E-state index contributed by atoms with van der Waals surface area (Å²) >= 11 is 0. The van der Waals surface area contributed by atoms with Crippen molar-refractivity contribution in [2.45, 2.75) is 83.3 Å². The lowest BCUT2D eigenvalue weighted by Crippen LogP contribution is -2.17. The molecule has 0 saturated heterocycles. The molecular formula is C20H34O4.